The van der Waals surface area contributed by atoms with Crippen molar-refractivity contribution in [2.24, 2.45) is 17.3 Å². The normalized spacial score (nSPS) is 11.4. The van der Waals surface area contributed by atoms with E-state index in [1.54, 1.807) is 23.7 Å². The van der Waals surface area contributed by atoms with Crippen molar-refractivity contribution in [1.29, 1.82) is 0 Å². The fraction of sp³-hybridized carbons (Fsp3) is 0.167. The predicted octanol–water partition coefficient (Wildman–Crippen LogP) is 4.42. The molecule has 0 unspecified atom stereocenters. The van der Waals surface area contributed by atoms with E-state index in [1.807, 2.05) is 44.2 Å². The maximum Gasteiger partial charge on any atom is 0.295 e. The lowest BCUT2D eigenvalue weighted by molar-refractivity contribution is 0.0995. The van der Waals surface area contributed by atoms with E-state index in [9.17, 15) is 9.90 Å². The molecule has 0 aliphatic heterocycles. The third-order valence-corrected chi connectivity index (χ3v) is 3.84. The van der Waals surface area contributed by atoms with Gasteiger partial charge in [-0.15, -0.1) is 10.2 Å². The first-order chi connectivity index (χ1) is 11.0. The van der Waals surface area contributed by atoms with Gasteiger partial charge in [-0.1, -0.05) is 29.3 Å². The SMILES string of the molecule is Cc1ccc(C(=O)N=Nc2c(O)n(C)c3ccc(C)cc23)cc1. The lowest BCUT2D eigenvalue weighted by atomic mass is 10.1. The van der Waals surface area contributed by atoms with Crippen molar-refractivity contribution in [3.63, 3.8) is 0 Å². The first-order valence-electron chi connectivity index (χ1n) is 7.28. The monoisotopic (exact) mass is 307 g/mol. The van der Waals surface area contributed by atoms with E-state index < -0.39 is 5.91 Å². The Bertz CT molecular complexity index is 922. The molecule has 5 nitrogen and oxygen atoms in total. The number of aromatic nitrogens is 1. The summed E-state index contributed by atoms with van der Waals surface area (Å²) in [7, 11) is 1.74. The highest BCUT2D eigenvalue weighted by molar-refractivity contribution is 5.97. The number of carbonyl (C=O) groups excluding carboxylic acids is 1. The van der Waals surface area contributed by atoms with Gasteiger partial charge in [-0.2, -0.15) is 0 Å². The number of fused-ring (bicyclic) bond motifs is 1. The summed E-state index contributed by atoms with van der Waals surface area (Å²) in [4.78, 5) is 12.1. The Morgan fingerprint density at radius 3 is 2.39 bits per heavy atom. The lowest BCUT2D eigenvalue weighted by Crippen LogP contribution is -1.93. The molecule has 1 heterocycles. The second-order valence-electron chi connectivity index (χ2n) is 5.62. The average molecular weight is 307 g/mol. The molecule has 116 valence electrons. The minimum Gasteiger partial charge on any atom is -0.493 e. The fourth-order valence-corrected chi connectivity index (χ4v) is 2.47. The molecule has 23 heavy (non-hydrogen) atoms. The van der Waals surface area contributed by atoms with Gasteiger partial charge in [0, 0.05) is 18.0 Å². The molecule has 0 bridgehead atoms. The third-order valence-electron chi connectivity index (χ3n) is 3.84. The number of amides is 1. The molecule has 0 saturated heterocycles. The second-order valence-corrected chi connectivity index (χ2v) is 5.62. The summed E-state index contributed by atoms with van der Waals surface area (Å²) in [6.45, 7) is 3.91. The van der Waals surface area contributed by atoms with Crippen LogP contribution in [0.1, 0.15) is 21.5 Å². The largest absolute Gasteiger partial charge is 0.493 e. The summed E-state index contributed by atoms with van der Waals surface area (Å²) in [6, 6.07) is 12.9. The summed E-state index contributed by atoms with van der Waals surface area (Å²) in [5.74, 6) is -0.444. The van der Waals surface area contributed by atoms with Crippen LogP contribution in [-0.4, -0.2) is 15.6 Å². The van der Waals surface area contributed by atoms with Crippen LogP contribution in [0.5, 0.6) is 5.88 Å². The van der Waals surface area contributed by atoms with Gasteiger partial charge in [0.1, 0.15) is 0 Å². The van der Waals surface area contributed by atoms with E-state index in [-0.39, 0.29) is 5.88 Å². The summed E-state index contributed by atoms with van der Waals surface area (Å²) < 4.78 is 1.62. The number of aromatic hydroxyl groups is 1. The van der Waals surface area contributed by atoms with Crippen LogP contribution in [-0.2, 0) is 7.05 Å². The van der Waals surface area contributed by atoms with Crippen LogP contribution in [0, 0.1) is 13.8 Å². The quantitative estimate of drug-likeness (QED) is 0.712. The maximum absolute atomic E-state index is 12.1. The van der Waals surface area contributed by atoms with Crippen molar-refractivity contribution in [2.45, 2.75) is 13.8 Å². The molecule has 3 aromatic rings. The van der Waals surface area contributed by atoms with E-state index in [1.165, 1.54) is 0 Å². The van der Waals surface area contributed by atoms with Crippen molar-refractivity contribution in [2.75, 3.05) is 0 Å². The van der Waals surface area contributed by atoms with Gasteiger partial charge in [-0.05, 0) is 38.1 Å². The topological polar surface area (TPSA) is 66.9 Å². The van der Waals surface area contributed by atoms with Gasteiger partial charge in [0.2, 0.25) is 5.88 Å². The summed E-state index contributed by atoms with van der Waals surface area (Å²) >= 11 is 0. The number of carbonyl (C=O) groups is 1. The highest BCUT2D eigenvalue weighted by Crippen LogP contribution is 2.38. The number of hydrogen-bond acceptors (Lipinski definition) is 3. The van der Waals surface area contributed by atoms with Gasteiger partial charge in [0.15, 0.2) is 5.69 Å². The van der Waals surface area contributed by atoms with Crippen molar-refractivity contribution < 1.29 is 9.90 Å². The Kier molecular flexibility index (Phi) is 3.70. The van der Waals surface area contributed by atoms with Gasteiger partial charge < -0.3 is 9.67 Å². The molecule has 2 aromatic carbocycles. The molecule has 1 aromatic heterocycles. The Morgan fingerprint density at radius 2 is 1.70 bits per heavy atom. The summed E-state index contributed by atoms with van der Waals surface area (Å²) in [5, 5.41) is 18.8. The van der Waals surface area contributed by atoms with E-state index in [4.69, 9.17) is 0 Å². The van der Waals surface area contributed by atoms with Crippen LogP contribution in [0.2, 0.25) is 0 Å². The molecule has 0 radical (unpaired) electrons. The predicted molar refractivity (Wildman–Crippen MR) is 89.3 cm³/mol. The van der Waals surface area contributed by atoms with Crippen molar-refractivity contribution in [1.82, 2.24) is 4.57 Å². The van der Waals surface area contributed by atoms with Gasteiger partial charge in [0.25, 0.3) is 5.91 Å². The highest BCUT2D eigenvalue weighted by atomic mass is 16.3. The average Bonchev–Trinajstić information content (AvgIpc) is 2.77. The molecule has 0 saturated carbocycles. The standard InChI is InChI=1S/C18H17N3O2/c1-11-4-7-13(8-5-11)17(22)20-19-16-14-10-12(2)6-9-15(14)21(3)18(16)23/h4-10,23H,1-3H3. The smallest absolute Gasteiger partial charge is 0.295 e. The number of aryl methyl sites for hydroxylation is 3. The van der Waals surface area contributed by atoms with E-state index >= 15 is 0 Å². The molecule has 3 rings (SSSR count). The number of benzene rings is 2. The van der Waals surface area contributed by atoms with Crippen LogP contribution in [0.3, 0.4) is 0 Å². The molecule has 5 heteroatoms. The van der Waals surface area contributed by atoms with Crippen LogP contribution >= 0.6 is 0 Å². The minimum atomic E-state index is -0.436. The fourth-order valence-electron chi connectivity index (χ4n) is 2.47. The van der Waals surface area contributed by atoms with Crippen LogP contribution in [0.25, 0.3) is 10.9 Å². The number of hydrogen-bond donors (Lipinski definition) is 1. The van der Waals surface area contributed by atoms with Gasteiger partial charge in [-0.3, -0.25) is 4.79 Å². The highest BCUT2D eigenvalue weighted by Gasteiger charge is 2.15. The molecule has 1 amide bonds. The summed E-state index contributed by atoms with van der Waals surface area (Å²) in [6.07, 6.45) is 0. The Hall–Kier alpha value is -2.95. The van der Waals surface area contributed by atoms with Gasteiger partial charge >= 0.3 is 0 Å². The van der Waals surface area contributed by atoms with Crippen LogP contribution < -0.4 is 0 Å². The number of rotatable bonds is 2. The van der Waals surface area contributed by atoms with Crippen molar-refractivity contribution >= 4 is 22.5 Å². The third kappa shape index (κ3) is 2.73. The zero-order valence-corrected chi connectivity index (χ0v) is 13.2. The van der Waals surface area contributed by atoms with Gasteiger partial charge in [-0.25, -0.2) is 0 Å². The Morgan fingerprint density at radius 1 is 1.04 bits per heavy atom. The van der Waals surface area contributed by atoms with E-state index in [0.29, 0.717) is 11.3 Å². The van der Waals surface area contributed by atoms with Crippen LogP contribution in [0.4, 0.5) is 5.69 Å². The number of azo groups is 1. The number of nitrogens with zero attached hydrogens (tertiary/aromatic N) is 3. The molecule has 0 aliphatic rings. The lowest BCUT2D eigenvalue weighted by Gasteiger charge is -1.96. The zero-order valence-electron chi connectivity index (χ0n) is 13.2. The zero-order chi connectivity index (χ0) is 16.6. The molecule has 1 N–H and O–H groups in total. The molecular formula is C18H17N3O2. The molecule has 0 fully saturated rings. The summed E-state index contributed by atoms with van der Waals surface area (Å²) in [5.41, 5.74) is 3.73. The van der Waals surface area contributed by atoms with Crippen LogP contribution in [0.15, 0.2) is 52.7 Å². The van der Waals surface area contributed by atoms with E-state index in [2.05, 4.69) is 10.2 Å². The van der Waals surface area contributed by atoms with Crippen molar-refractivity contribution in [3.05, 3.63) is 59.2 Å². The molecule has 0 spiro atoms. The molecule has 0 atom stereocenters. The minimum absolute atomic E-state index is 0.00828. The first kappa shape index (κ1) is 15.0. The molecule has 0 aliphatic carbocycles. The van der Waals surface area contributed by atoms with Gasteiger partial charge in [0.05, 0.1) is 5.52 Å². The molecular weight excluding hydrogens is 290 g/mol. The Balaban J connectivity index is 2.01. The van der Waals surface area contributed by atoms with Crippen molar-refractivity contribution in [3.8, 4) is 5.88 Å². The van der Waals surface area contributed by atoms with E-state index in [0.717, 1.165) is 22.0 Å². The second kappa shape index (κ2) is 5.68. The Labute approximate surface area is 133 Å². The maximum atomic E-state index is 12.1. The first-order valence-corrected chi connectivity index (χ1v) is 7.28.